The molecule has 0 saturated carbocycles. The van der Waals surface area contributed by atoms with Crippen LogP contribution in [0.1, 0.15) is 0 Å². The molecule has 8 heteroatoms. The normalized spacial score (nSPS) is 9.70. The summed E-state index contributed by atoms with van der Waals surface area (Å²) < 4.78 is 32.2. The molecule has 0 aliphatic carbocycles. The van der Waals surface area contributed by atoms with Crippen molar-refractivity contribution in [2.24, 2.45) is 11.1 Å². The summed E-state index contributed by atoms with van der Waals surface area (Å²) in [6, 6.07) is 0. The molecule has 0 aliphatic heterocycles. The maximum atomic E-state index is 10.7. The van der Waals surface area contributed by atoms with Gasteiger partial charge in [-0.25, -0.2) is 5.90 Å². The van der Waals surface area contributed by atoms with Crippen LogP contribution in [0, 0.1) is 0 Å². The number of nitrogens with two attached hydrogens (primary N) is 1. The molecule has 0 saturated heterocycles. The second-order valence-corrected chi connectivity index (χ2v) is 0.786. The molecule has 4 N–H and O–H groups in total. The van der Waals surface area contributed by atoms with Gasteiger partial charge in [-0.1, -0.05) is 5.16 Å². The van der Waals surface area contributed by atoms with Crippen molar-refractivity contribution in [1.29, 1.82) is 0 Å². The van der Waals surface area contributed by atoms with Crippen molar-refractivity contribution < 1.29 is 23.6 Å². The zero-order chi connectivity index (χ0) is 7.91. The predicted molar refractivity (Wildman–Crippen MR) is 29.6 cm³/mol. The van der Waals surface area contributed by atoms with E-state index in [2.05, 4.69) is 5.90 Å². The van der Waals surface area contributed by atoms with E-state index in [4.69, 9.17) is 10.4 Å². The summed E-state index contributed by atoms with van der Waals surface area (Å²) in [6.45, 7) is 0. The summed E-state index contributed by atoms with van der Waals surface area (Å²) in [5.41, 5.74) is 0. The Morgan fingerprint density at radius 1 is 1.30 bits per heavy atom. The van der Waals surface area contributed by atoms with Gasteiger partial charge in [0.05, 0.1) is 0 Å². The van der Waals surface area contributed by atoms with E-state index in [0.29, 0.717) is 0 Å². The monoisotopic (exact) mass is 182 g/mol. The Labute approximate surface area is 60.5 Å². The van der Waals surface area contributed by atoms with E-state index >= 15 is 0 Å². The SMILES string of the molecule is Cl.NO.O/N=C/C(F)(F)F. The van der Waals surface area contributed by atoms with Crippen molar-refractivity contribution in [2.75, 3.05) is 0 Å². The van der Waals surface area contributed by atoms with Gasteiger partial charge in [0.1, 0.15) is 6.21 Å². The van der Waals surface area contributed by atoms with Gasteiger partial charge in [0, 0.05) is 0 Å². The van der Waals surface area contributed by atoms with Crippen LogP contribution in [0.5, 0.6) is 0 Å². The highest BCUT2D eigenvalue weighted by molar-refractivity contribution is 5.85. The van der Waals surface area contributed by atoms with Crippen LogP contribution in [0.25, 0.3) is 0 Å². The van der Waals surface area contributed by atoms with Gasteiger partial charge in [0.15, 0.2) is 0 Å². The summed E-state index contributed by atoms with van der Waals surface area (Å²) >= 11 is 0. The maximum absolute atomic E-state index is 10.7. The van der Waals surface area contributed by atoms with Gasteiger partial charge >= 0.3 is 6.18 Å². The highest BCUT2D eigenvalue weighted by Gasteiger charge is 2.23. The lowest BCUT2D eigenvalue weighted by atomic mass is 10.7. The Balaban J connectivity index is -0.000000149. The average molecular weight is 183 g/mol. The molecule has 0 atom stereocenters. The molecule has 0 rings (SSSR count). The second-order valence-electron chi connectivity index (χ2n) is 0.786. The first kappa shape index (κ1) is 16.2. The second kappa shape index (κ2) is 8.47. The molecule has 0 amide bonds. The molecule has 10 heavy (non-hydrogen) atoms. The molecule has 0 unspecified atom stereocenters. The molecule has 0 radical (unpaired) electrons. The van der Waals surface area contributed by atoms with Crippen molar-refractivity contribution in [2.45, 2.75) is 6.18 Å². The third kappa shape index (κ3) is 26.0. The van der Waals surface area contributed by atoms with Gasteiger partial charge in [-0.3, -0.25) is 0 Å². The van der Waals surface area contributed by atoms with Crippen molar-refractivity contribution >= 4 is 18.6 Å². The fourth-order valence-corrected chi connectivity index (χ4v) is 0.0655. The van der Waals surface area contributed by atoms with E-state index in [1.807, 2.05) is 0 Å². The molecule has 0 heterocycles. The van der Waals surface area contributed by atoms with E-state index in [1.54, 1.807) is 5.16 Å². The molecule has 0 aliphatic rings. The number of halogens is 4. The molecule has 0 aromatic carbocycles. The average Bonchev–Trinajstić information content (AvgIpc) is 1.69. The highest BCUT2D eigenvalue weighted by Crippen LogP contribution is 2.09. The number of rotatable bonds is 0. The van der Waals surface area contributed by atoms with E-state index in [1.165, 1.54) is 0 Å². The molecule has 0 spiro atoms. The fourth-order valence-electron chi connectivity index (χ4n) is 0.0655. The minimum Gasteiger partial charge on any atom is -0.411 e. The Morgan fingerprint density at radius 2 is 1.60 bits per heavy atom. The van der Waals surface area contributed by atoms with Gasteiger partial charge in [-0.05, 0) is 0 Å². The number of oxime groups is 1. The van der Waals surface area contributed by atoms with E-state index in [0.717, 1.165) is 0 Å². The molecular weight excluding hydrogens is 176 g/mol. The van der Waals surface area contributed by atoms with Crippen LogP contribution in [0.3, 0.4) is 0 Å². The van der Waals surface area contributed by atoms with Crippen LogP contribution in [-0.4, -0.2) is 22.8 Å². The van der Waals surface area contributed by atoms with Crippen LogP contribution in [0.2, 0.25) is 0 Å². The Kier molecular flexibility index (Phi) is 13.7. The van der Waals surface area contributed by atoms with E-state index in [9.17, 15) is 13.2 Å². The third-order valence-corrected chi connectivity index (χ3v) is 0.204. The summed E-state index contributed by atoms with van der Waals surface area (Å²) in [7, 11) is 0. The number of nitrogens with zero attached hydrogens (tertiary/aromatic N) is 1. The molecule has 0 aromatic heterocycles. The van der Waals surface area contributed by atoms with Crippen molar-refractivity contribution in [3.05, 3.63) is 0 Å². The molecule has 0 fully saturated rings. The van der Waals surface area contributed by atoms with Gasteiger partial charge in [-0.15, -0.1) is 12.4 Å². The molecular formula is C2H6ClF3N2O2. The smallest absolute Gasteiger partial charge is 0.411 e. The first-order chi connectivity index (χ1) is 4.06. The molecule has 64 valence electrons. The highest BCUT2D eigenvalue weighted by atomic mass is 35.5. The number of hydrogen-bond donors (Lipinski definition) is 3. The van der Waals surface area contributed by atoms with Crippen LogP contribution < -0.4 is 5.90 Å². The lowest BCUT2D eigenvalue weighted by Gasteiger charge is -1.91. The summed E-state index contributed by atoms with van der Waals surface area (Å²) in [6.07, 6.45) is -5.00. The minimum atomic E-state index is -4.49. The lowest BCUT2D eigenvalue weighted by molar-refractivity contribution is -0.0553. The standard InChI is InChI=1S/C2H2F3NO.ClH.H3NO/c3-2(4,5)1-6-7;;1-2/h1,7H;1H;2H,1H2/b6-1+;;. The Hall–Kier alpha value is -0.530. The summed E-state index contributed by atoms with van der Waals surface area (Å²) in [5.74, 6) is 3.50. The van der Waals surface area contributed by atoms with Crippen LogP contribution in [0.15, 0.2) is 5.16 Å². The molecule has 4 nitrogen and oxygen atoms in total. The Morgan fingerprint density at radius 3 is 1.60 bits per heavy atom. The first-order valence-electron chi connectivity index (χ1n) is 1.57. The van der Waals surface area contributed by atoms with Gasteiger partial charge in [-0.2, -0.15) is 13.2 Å². The van der Waals surface area contributed by atoms with Crippen LogP contribution >= 0.6 is 12.4 Å². The van der Waals surface area contributed by atoms with Crippen molar-refractivity contribution in [3.8, 4) is 0 Å². The van der Waals surface area contributed by atoms with E-state index < -0.39 is 12.4 Å². The van der Waals surface area contributed by atoms with Gasteiger partial charge < -0.3 is 10.4 Å². The fraction of sp³-hybridized carbons (Fsp3) is 0.500. The van der Waals surface area contributed by atoms with Crippen molar-refractivity contribution in [3.63, 3.8) is 0 Å². The van der Waals surface area contributed by atoms with E-state index in [-0.39, 0.29) is 12.4 Å². The maximum Gasteiger partial charge on any atom is 0.429 e. The Bertz CT molecular complexity index is 85.1. The zero-order valence-corrected chi connectivity index (χ0v) is 5.35. The first-order valence-corrected chi connectivity index (χ1v) is 1.57. The van der Waals surface area contributed by atoms with Gasteiger partial charge in [0.25, 0.3) is 0 Å². The summed E-state index contributed by atoms with van der Waals surface area (Å²) in [4.78, 5) is 0. The van der Waals surface area contributed by atoms with Crippen LogP contribution in [-0.2, 0) is 0 Å². The number of hydrogen-bond acceptors (Lipinski definition) is 4. The van der Waals surface area contributed by atoms with Crippen LogP contribution in [0.4, 0.5) is 13.2 Å². The summed E-state index contributed by atoms with van der Waals surface area (Å²) in [5, 5.41) is 15.5. The molecule has 0 bridgehead atoms. The molecule has 0 aromatic rings. The lowest BCUT2D eigenvalue weighted by Crippen LogP contribution is -2.07. The number of alkyl halides is 3. The van der Waals surface area contributed by atoms with Gasteiger partial charge in [0.2, 0.25) is 0 Å². The zero-order valence-electron chi connectivity index (χ0n) is 4.54. The quantitative estimate of drug-likeness (QED) is 0.294. The minimum absolute atomic E-state index is 0. The van der Waals surface area contributed by atoms with Crippen molar-refractivity contribution in [1.82, 2.24) is 0 Å². The third-order valence-electron chi connectivity index (χ3n) is 0.204. The topological polar surface area (TPSA) is 78.8 Å². The largest absolute Gasteiger partial charge is 0.429 e. The predicted octanol–water partition coefficient (Wildman–Crippen LogP) is 0.765.